The topological polar surface area (TPSA) is 266 Å². The highest BCUT2D eigenvalue weighted by Crippen LogP contribution is 2.35. The number of fused-ring (bicyclic) bond motifs is 1. The molecule has 1 unspecified atom stereocenters. The Bertz CT molecular complexity index is 1650. The number of carbonyl (C=O) groups is 2. The standard InChI is InChI=1S/C34H52N4O14S/c1-19-27(42)31(52-34(46)32(37-20(2)40)29(44)28(43)24(18-39)51-34)30(45)33(50-19)49-17-16-35-26(41)14-6-5-7-15-36-53(47,48)25-13-9-10-21-22(25)11-8-12-23(21)38(3)4/h8-13,19,24,27-33,36,39,42-46H,5-7,14-18H2,1-4H3,(H,35,41)(H,37,40)/t19-,24+,27+,28+,29-,30-,31+,32+,33+,34?/m0/s1. The molecule has 0 spiro atoms. The van der Waals surface area contributed by atoms with E-state index in [-0.39, 0.29) is 36.9 Å². The van der Waals surface area contributed by atoms with Crippen LogP contribution in [0.3, 0.4) is 0 Å². The number of amides is 2. The second-order valence-electron chi connectivity index (χ2n) is 13.4. The molecule has 2 aliphatic rings. The SMILES string of the molecule is CC(=O)N[C@@H]1[C@@H](O)[C@H](O)[C@@H](CO)OC1(O)O[C@H]1[C@H](O)[C@H](OCCNC(=O)CCCCCNS(=O)(=O)c2cccc3c(N(C)C)cccc23)O[C@@H](C)[C@H]1O. The maximum absolute atomic E-state index is 13.1. The van der Waals surface area contributed by atoms with Crippen LogP contribution >= 0.6 is 0 Å². The minimum atomic E-state index is -3.77. The predicted molar refractivity (Wildman–Crippen MR) is 189 cm³/mol. The summed E-state index contributed by atoms with van der Waals surface area (Å²) in [5.74, 6) is -3.94. The third-order valence-electron chi connectivity index (χ3n) is 9.12. The Morgan fingerprint density at radius 2 is 1.64 bits per heavy atom. The Morgan fingerprint density at radius 1 is 0.943 bits per heavy atom. The average molecular weight is 773 g/mol. The summed E-state index contributed by atoms with van der Waals surface area (Å²) >= 11 is 0. The number of aliphatic hydroxyl groups is 6. The van der Waals surface area contributed by atoms with Crippen molar-refractivity contribution in [2.45, 2.75) is 105 Å². The minimum Gasteiger partial charge on any atom is -0.394 e. The lowest BCUT2D eigenvalue weighted by atomic mass is 9.94. The van der Waals surface area contributed by atoms with Crippen molar-refractivity contribution in [2.24, 2.45) is 0 Å². The van der Waals surface area contributed by atoms with Gasteiger partial charge in [0, 0.05) is 57.0 Å². The molecule has 53 heavy (non-hydrogen) atoms. The Labute approximate surface area is 308 Å². The first-order valence-corrected chi connectivity index (χ1v) is 18.9. The van der Waals surface area contributed by atoms with Gasteiger partial charge in [0.1, 0.15) is 42.7 Å². The summed E-state index contributed by atoms with van der Waals surface area (Å²) in [6, 6.07) is 8.90. The number of carbonyl (C=O) groups excluding carboxylic acids is 2. The second kappa shape index (κ2) is 18.5. The van der Waals surface area contributed by atoms with Crippen molar-refractivity contribution in [1.29, 1.82) is 0 Å². The summed E-state index contributed by atoms with van der Waals surface area (Å²) in [7, 11) is 0.0178. The molecule has 0 saturated carbocycles. The number of hydrogen-bond acceptors (Lipinski definition) is 15. The van der Waals surface area contributed by atoms with Gasteiger partial charge in [0.25, 0.3) is 0 Å². The van der Waals surface area contributed by atoms with Crippen LogP contribution in [0.2, 0.25) is 0 Å². The lowest BCUT2D eigenvalue weighted by molar-refractivity contribution is -0.454. The molecular weight excluding hydrogens is 720 g/mol. The van der Waals surface area contributed by atoms with E-state index < -0.39 is 83.6 Å². The maximum Gasteiger partial charge on any atom is 0.305 e. The highest BCUT2D eigenvalue weighted by atomic mass is 32.2. The van der Waals surface area contributed by atoms with Crippen molar-refractivity contribution in [1.82, 2.24) is 15.4 Å². The maximum atomic E-state index is 13.1. The fourth-order valence-corrected chi connectivity index (χ4v) is 7.61. The molecule has 0 bridgehead atoms. The van der Waals surface area contributed by atoms with Crippen molar-refractivity contribution < 1.29 is 67.6 Å². The highest BCUT2D eigenvalue weighted by Gasteiger charge is 2.58. The smallest absolute Gasteiger partial charge is 0.305 e. The summed E-state index contributed by atoms with van der Waals surface area (Å²) in [4.78, 5) is 26.3. The van der Waals surface area contributed by atoms with Gasteiger partial charge in [-0.25, -0.2) is 13.1 Å². The van der Waals surface area contributed by atoms with Gasteiger partial charge < -0.3 is 65.1 Å². The fourth-order valence-electron chi connectivity index (χ4n) is 6.32. The summed E-state index contributed by atoms with van der Waals surface area (Å²) in [6.07, 6.45) is -10.8. The lowest BCUT2D eigenvalue weighted by Gasteiger charge is -2.50. The number of unbranched alkanes of at least 4 members (excludes halogenated alkanes) is 2. The van der Waals surface area contributed by atoms with Crippen molar-refractivity contribution in [3.63, 3.8) is 0 Å². The van der Waals surface area contributed by atoms with Gasteiger partial charge in [-0.3, -0.25) is 9.59 Å². The number of nitrogens with one attached hydrogen (secondary N) is 3. The number of rotatable bonds is 17. The third kappa shape index (κ3) is 10.4. The van der Waals surface area contributed by atoms with Gasteiger partial charge in [-0.15, -0.1) is 0 Å². The van der Waals surface area contributed by atoms with E-state index in [2.05, 4.69) is 15.4 Å². The van der Waals surface area contributed by atoms with Gasteiger partial charge in [-0.2, -0.15) is 0 Å². The molecule has 2 heterocycles. The summed E-state index contributed by atoms with van der Waals surface area (Å²) in [5.41, 5.74) is 0.907. The molecule has 4 rings (SSSR count). The average Bonchev–Trinajstić information content (AvgIpc) is 3.11. The molecule has 2 aliphatic heterocycles. The van der Waals surface area contributed by atoms with Gasteiger partial charge in [0.2, 0.25) is 21.8 Å². The first kappa shape index (κ1) is 42.7. The summed E-state index contributed by atoms with van der Waals surface area (Å²) < 4.78 is 50.8. The van der Waals surface area contributed by atoms with E-state index in [4.69, 9.17) is 18.9 Å². The Hall–Kier alpha value is -3.05. The van der Waals surface area contributed by atoms with Crippen LogP contribution in [0.4, 0.5) is 5.69 Å². The molecular formula is C34H52N4O14S. The Morgan fingerprint density at radius 3 is 2.32 bits per heavy atom. The molecule has 18 nitrogen and oxygen atoms in total. The van der Waals surface area contributed by atoms with Crippen LogP contribution in [0.15, 0.2) is 41.3 Å². The number of aliphatic hydroxyl groups excluding tert-OH is 5. The quantitative estimate of drug-likeness (QED) is 0.0622. The van der Waals surface area contributed by atoms with Crippen molar-refractivity contribution in [3.8, 4) is 0 Å². The van der Waals surface area contributed by atoms with E-state index in [0.717, 1.165) is 18.0 Å². The van der Waals surface area contributed by atoms with Crippen LogP contribution in [-0.4, -0.2) is 152 Å². The molecule has 2 aromatic rings. The molecule has 0 aromatic heterocycles. The van der Waals surface area contributed by atoms with Crippen molar-refractivity contribution in [2.75, 3.05) is 45.3 Å². The summed E-state index contributed by atoms with van der Waals surface area (Å²) in [6.45, 7) is 1.74. The molecule has 2 amide bonds. The predicted octanol–water partition coefficient (Wildman–Crippen LogP) is -2.01. The molecule has 10 atom stereocenters. The van der Waals surface area contributed by atoms with Crippen LogP contribution in [-0.2, 0) is 38.6 Å². The van der Waals surface area contributed by atoms with E-state index in [1.54, 1.807) is 18.2 Å². The zero-order chi connectivity index (χ0) is 39.1. The van der Waals surface area contributed by atoms with E-state index >= 15 is 0 Å². The molecule has 298 valence electrons. The Balaban J connectivity index is 1.20. The zero-order valence-electron chi connectivity index (χ0n) is 30.1. The van der Waals surface area contributed by atoms with Gasteiger partial charge in [0.15, 0.2) is 6.29 Å². The number of sulfonamides is 1. The largest absolute Gasteiger partial charge is 0.394 e. The van der Waals surface area contributed by atoms with Crippen LogP contribution in [0.5, 0.6) is 0 Å². The van der Waals surface area contributed by atoms with Crippen LogP contribution in [0.1, 0.15) is 39.5 Å². The normalized spacial score (nSPS) is 30.6. The molecule has 2 fully saturated rings. The highest BCUT2D eigenvalue weighted by molar-refractivity contribution is 7.89. The number of anilines is 1. The zero-order valence-corrected chi connectivity index (χ0v) is 30.9. The van der Waals surface area contributed by atoms with E-state index in [1.807, 2.05) is 37.2 Å². The molecule has 19 heteroatoms. The van der Waals surface area contributed by atoms with E-state index in [9.17, 15) is 48.6 Å². The van der Waals surface area contributed by atoms with Gasteiger partial charge in [0.05, 0.1) is 24.2 Å². The van der Waals surface area contributed by atoms with Crippen LogP contribution in [0.25, 0.3) is 10.8 Å². The second-order valence-corrected chi connectivity index (χ2v) is 15.1. The molecule has 0 aliphatic carbocycles. The molecule has 0 radical (unpaired) electrons. The number of nitrogens with zero attached hydrogens (tertiary/aromatic N) is 1. The van der Waals surface area contributed by atoms with E-state index in [1.165, 1.54) is 6.92 Å². The van der Waals surface area contributed by atoms with Gasteiger partial charge in [-0.1, -0.05) is 30.7 Å². The van der Waals surface area contributed by atoms with Crippen LogP contribution in [0, 0.1) is 0 Å². The number of hydrogen-bond donors (Lipinski definition) is 9. The van der Waals surface area contributed by atoms with Gasteiger partial charge in [-0.05, 0) is 31.9 Å². The lowest BCUT2D eigenvalue weighted by Crippen LogP contribution is -2.73. The molecule has 9 N–H and O–H groups in total. The fraction of sp³-hybridized carbons (Fsp3) is 0.647. The van der Waals surface area contributed by atoms with Crippen molar-refractivity contribution >= 4 is 38.3 Å². The first-order chi connectivity index (χ1) is 25.0. The summed E-state index contributed by atoms with van der Waals surface area (Å²) in [5, 5.41) is 69.7. The number of ether oxygens (including phenoxy) is 4. The first-order valence-electron chi connectivity index (χ1n) is 17.4. The molecule has 2 aromatic carbocycles. The Kier molecular flexibility index (Phi) is 14.9. The van der Waals surface area contributed by atoms with Gasteiger partial charge >= 0.3 is 5.97 Å². The minimum absolute atomic E-state index is 0.0220. The molecule has 2 saturated heterocycles. The van der Waals surface area contributed by atoms with Crippen LogP contribution < -0.4 is 20.3 Å². The third-order valence-corrected chi connectivity index (χ3v) is 10.6. The monoisotopic (exact) mass is 772 g/mol. The van der Waals surface area contributed by atoms with Crippen molar-refractivity contribution in [3.05, 3.63) is 36.4 Å². The van der Waals surface area contributed by atoms with E-state index in [0.29, 0.717) is 24.6 Å². The number of benzene rings is 2.